The summed E-state index contributed by atoms with van der Waals surface area (Å²) >= 11 is 6.26. The van der Waals surface area contributed by atoms with E-state index in [1.54, 1.807) is 0 Å². The highest BCUT2D eigenvalue weighted by Gasteiger charge is 2.16. The first kappa shape index (κ1) is 15.6. The van der Waals surface area contributed by atoms with Crippen LogP contribution in [0.25, 0.3) is 5.57 Å². The molecule has 1 aromatic carbocycles. The summed E-state index contributed by atoms with van der Waals surface area (Å²) < 4.78 is 5.63. The van der Waals surface area contributed by atoms with Crippen molar-refractivity contribution in [3.05, 3.63) is 33.9 Å². The molecule has 104 valence electrons. The lowest BCUT2D eigenvalue weighted by molar-refractivity contribution is -0.131. The molecule has 0 aliphatic rings. The van der Waals surface area contributed by atoms with E-state index in [-0.39, 0.29) is 0 Å². The summed E-state index contributed by atoms with van der Waals surface area (Å²) in [6.45, 7) is 8.14. The van der Waals surface area contributed by atoms with Gasteiger partial charge in [-0.15, -0.1) is 0 Å². The summed E-state index contributed by atoms with van der Waals surface area (Å²) in [4.78, 5) is 10.9. The van der Waals surface area contributed by atoms with Crippen molar-refractivity contribution in [1.82, 2.24) is 0 Å². The van der Waals surface area contributed by atoms with E-state index in [1.165, 1.54) is 6.08 Å². The van der Waals surface area contributed by atoms with Crippen LogP contribution in [-0.2, 0) is 4.79 Å². The fourth-order valence-corrected chi connectivity index (χ4v) is 2.24. The predicted molar refractivity (Wildman–Crippen MR) is 78.0 cm³/mol. The molecule has 3 nitrogen and oxygen atoms in total. The molecule has 1 rings (SSSR count). The zero-order valence-electron chi connectivity index (χ0n) is 11.7. The average molecular weight is 283 g/mol. The van der Waals surface area contributed by atoms with Gasteiger partial charge in [0.25, 0.3) is 0 Å². The Labute approximate surface area is 118 Å². The summed E-state index contributed by atoms with van der Waals surface area (Å²) in [7, 11) is 0. The van der Waals surface area contributed by atoms with Crippen molar-refractivity contribution in [3.8, 4) is 5.75 Å². The fourth-order valence-electron chi connectivity index (χ4n) is 2.09. The maximum absolute atomic E-state index is 10.9. The maximum atomic E-state index is 10.9. The number of halogens is 1. The van der Waals surface area contributed by atoms with Crippen molar-refractivity contribution in [1.29, 1.82) is 0 Å². The quantitative estimate of drug-likeness (QED) is 0.822. The summed E-state index contributed by atoms with van der Waals surface area (Å²) in [6.07, 6.45) is 1.82. The third-order valence-electron chi connectivity index (χ3n) is 2.94. The number of carboxylic acids is 1. The Hall–Kier alpha value is -1.48. The zero-order chi connectivity index (χ0) is 14.6. The lowest BCUT2D eigenvalue weighted by atomic mass is 9.95. The number of aliphatic carboxylic acids is 1. The number of hydrogen-bond donors (Lipinski definition) is 1. The van der Waals surface area contributed by atoms with Crippen LogP contribution < -0.4 is 4.74 Å². The lowest BCUT2D eigenvalue weighted by Gasteiger charge is -2.17. The van der Waals surface area contributed by atoms with Gasteiger partial charge < -0.3 is 9.84 Å². The number of ether oxygens (including phenoxy) is 1. The van der Waals surface area contributed by atoms with Gasteiger partial charge in [0.05, 0.1) is 6.61 Å². The molecule has 1 aromatic rings. The number of benzene rings is 1. The minimum Gasteiger partial charge on any atom is -0.493 e. The highest BCUT2D eigenvalue weighted by molar-refractivity contribution is 6.32. The van der Waals surface area contributed by atoms with E-state index in [0.29, 0.717) is 23.8 Å². The third-order valence-corrected chi connectivity index (χ3v) is 3.53. The van der Waals surface area contributed by atoms with E-state index < -0.39 is 5.97 Å². The Morgan fingerprint density at radius 3 is 2.53 bits per heavy atom. The van der Waals surface area contributed by atoms with Gasteiger partial charge in [0.1, 0.15) is 5.75 Å². The molecule has 0 bridgehead atoms. The van der Waals surface area contributed by atoms with Crippen LogP contribution in [0, 0.1) is 13.8 Å². The highest BCUT2D eigenvalue weighted by Crippen LogP contribution is 2.37. The Balaban J connectivity index is 3.54. The number of allylic oxidation sites excluding steroid dienone is 1. The third kappa shape index (κ3) is 3.51. The van der Waals surface area contributed by atoms with Crippen LogP contribution >= 0.6 is 11.6 Å². The molecule has 0 heterocycles. The molecule has 19 heavy (non-hydrogen) atoms. The SMILES string of the molecule is CCOc1cc(C)c(Cl)c(C)c1/C(=C/C(=O)O)CC. The predicted octanol–water partition coefficient (Wildman–Crippen LogP) is 4.23. The maximum Gasteiger partial charge on any atom is 0.328 e. The van der Waals surface area contributed by atoms with Gasteiger partial charge >= 0.3 is 5.97 Å². The van der Waals surface area contributed by atoms with E-state index in [2.05, 4.69) is 0 Å². The molecular formula is C15H19ClO3. The van der Waals surface area contributed by atoms with E-state index in [4.69, 9.17) is 21.4 Å². The molecule has 0 unspecified atom stereocenters. The first-order chi connectivity index (χ1) is 8.92. The van der Waals surface area contributed by atoms with Gasteiger partial charge in [0.15, 0.2) is 0 Å². The minimum atomic E-state index is -0.963. The molecule has 0 radical (unpaired) electrons. The van der Waals surface area contributed by atoms with Gasteiger partial charge in [0, 0.05) is 16.7 Å². The average Bonchev–Trinajstić information content (AvgIpc) is 2.34. The minimum absolute atomic E-state index is 0.525. The van der Waals surface area contributed by atoms with Crippen LogP contribution in [0.15, 0.2) is 12.1 Å². The van der Waals surface area contributed by atoms with E-state index >= 15 is 0 Å². The van der Waals surface area contributed by atoms with Crippen molar-refractivity contribution in [2.75, 3.05) is 6.61 Å². The highest BCUT2D eigenvalue weighted by atomic mass is 35.5. The van der Waals surface area contributed by atoms with Crippen molar-refractivity contribution in [2.24, 2.45) is 0 Å². The molecule has 0 amide bonds. The van der Waals surface area contributed by atoms with Gasteiger partial charge in [-0.3, -0.25) is 0 Å². The zero-order valence-corrected chi connectivity index (χ0v) is 12.5. The second kappa shape index (κ2) is 6.62. The van der Waals surface area contributed by atoms with E-state index in [1.807, 2.05) is 33.8 Å². The number of aryl methyl sites for hydroxylation is 1. The van der Waals surface area contributed by atoms with Crippen molar-refractivity contribution >= 4 is 23.1 Å². The molecule has 0 fully saturated rings. The van der Waals surface area contributed by atoms with Crippen LogP contribution in [0.2, 0.25) is 5.02 Å². The van der Waals surface area contributed by atoms with Gasteiger partial charge in [-0.2, -0.15) is 0 Å². The Kier molecular flexibility index (Phi) is 5.43. The van der Waals surface area contributed by atoms with Crippen LogP contribution in [0.1, 0.15) is 37.0 Å². The molecule has 0 aromatic heterocycles. The Morgan fingerprint density at radius 2 is 2.05 bits per heavy atom. The molecular weight excluding hydrogens is 264 g/mol. The molecule has 1 N–H and O–H groups in total. The first-order valence-corrected chi connectivity index (χ1v) is 6.66. The van der Waals surface area contributed by atoms with E-state index in [0.717, 1.165) is 22.3 Å². The Morgan fingerprint density at radius 1 is 1.42 bits per heavy atom. The Bertz CT molecular complexity index is 519. The standard InChI is InChI=1S/C15H19ClO3/c1-5-11(8-13(17)18)14-10(4)15(16)9(3)7-12(14)19-6-2/h7-8H,5-6H2,1-4H3,(H,17,18)/b11-8+. The van der Waals surface area contributed by atoms with E-state index in [9.17, 15) is 4.79 Å². The molecule has 0 aliphatic heterocycles. The second-order valence-electron chi connectivity index (χ2n) is 4.30. The summed E-state index contributed by atoms with van der Waals surface area (Å²) in [5.74, 6) is -0.272. The lowest BCUT2D eigenvalue weighted by Crippen LogP contribution is -2.02. The topological polar surface area (TPSA) is 46.5 Å². The molecule has 4 heteroatoms. The smallest absolute Gasteiger partial charge is 0.328 e. The van der Waals surface area contributed by atoms with Crippen molar-refractivity contribution < 1.29 is 14.6 Å². The molecule has 0 spiro atoms. The van der Waals surface area contributed by atoms with Crippen LogP contribution in [0.5, 0.6) is 5.75 Å². The molecule has 0 atom stereocenters. The number of carbonyl (C=O) groups is 1. The molecule has 0 saturated heterocycles. The van der Waals surface area contributed by atoms with Gasteiger partial charge in [-0.25, -0.2) is 4.79 Å². The normalized spacial score (nSPS) is 11.5. The molecule has 0 aliphatic carbocycles. The molecule has 0 saturated carbocycles. The monoisotopic (exact) mass is 282 g/mol. The number of carboxylic acid groups (broad SMARTS) is 1. The van der Waals surface area contributed by atoms with Gasteiger partial charge in [0.2, 0.25) is 0 Å². The number of rotatable bonds is 5. The first-order valence-electron chi connectivity index (χ1n) is 6.28. The van der Waals surface area contributed by atoms with Crippen LogP contribution in [0.4, 0.5) is 0 Å². The van der Waals surface area contributed by atoms with Crippen LogP contribution in [-0.4, -0.2) is 17.7 Å². The van der Waals surface area contributed by atoms with Gasteiger partial charge in [-0.05, 0) is 50.0 Å². The fraction of sp³-hybridized carbons (Fsp3) is 0.400. The summed E-state index contributed by atoms with van der Waals surface area (Å²) in [6, 6.07) is 1.86. The number of hydrogen-bond acceptors (Lipinski definition) is 2. The van der Waals surface area contributed by atoms with Crippen LogP contribution in [0.3, 0.4) is 0 Å². The summed E-state index contributed by atoms with van der Waals surface area (Å²) in [5.41, 5.74) is 3.30. The van der Waals surface area contributed by atoms with Gasteiger partial charge in [-0.1, -0.05) is 18.5 Å². The second-order valence-corrected chi connectivity index (χ2v) is 4.68. The van der Waals surface area contributed by atoms with Crippen molar-refractivity contribution in [3.63, 3.8) is 0 Å². The van der Waals surface area contributed by atoms with Crippen molar-refractivity contribution in [2.45, 2.75) is 34.1 Å². The summed E-state index contributed by atoms with van der Waals surface area (Å²) in [5, 5.41) is 9.62. The largest absolute Gasteiger partial charge is 0.493 e.